The summed E-state index contributed by atoms with van der Waals surface area (Å²) in [6.45, 7) is 2.65. The summed E-state index contributed by atoms with van der Waals surface area (Å²) in [6.07, 6.45) is 4.25. The van der Waals surface area contributed by atoms with Gasteiger partial charge in [0, 0.05) is 5.69 Å². The SMILES string of the molecule is CCc1c(C(=O)Nc2cccc(-n3nnnc3SC)c2)cnn1Cc1ccccc1. The van der Waals surface area contributed by atoms with Gasteiger partial charge in [0.25, 0.3) is 5.91 Å². The Labute approximate surface area is 178 Å². The van der Waals surface area contributed by atoms with Gasteiger partial charge in [0.2, 0.25) is 5.16 Å². The lowest BCUT2D eigenvalue weighted by Gasteiger charge is -2.10. The molecule has 0 aliphatic rings. The Morgan fingerprint density at radius 2 is 1.97 bits per heavy atom. The molecule has 0 atom stereocenters. The van der Waals surface area contributed by atoms with Crippen molar-refractivity contribution < 1.29 is 4.79 Å². The van der Waals surface area contributed by atoms with Crippen molar-refractivity contribution in [1.29, 1.82) is 0 Å². The summed E-state index contributed by atoms with van der Waals surface area (Å²) in [5.74, 6) is -0.190. The molecule has 4 rings (SSSR count). The van der Waals surface area contributed by atoms with Crippen LogP contribution < -0.4 is 5.32 Å². The fourth-order valence-electron chi connectivity index (χ4n) is 3.25. The van der Waals surface area contributed by atoms with Crippen molar-refractivity contribution in [2.75, 3.05) is 11.6 Å². The summed E-state index contributed by atoms with van der Waals surface area (Å²) in [5.41, 5.74) is 4.06. The lowest BCUT2D eigenvalue weighted by Crippen LogP contribution is -2.15. The molecule has 4 aromatic rings. The molecule has 1 N–H and O–H groups in total. The largest absolute Gasteiger partial charge is 0.322 e. The average Bonchev–Trinajstić information content (AvgIpc) is 3.41. The molecule has 0 aliphatic heterocycles. The minimum atomic E-state index is -0.190. The third-order valence-corrected chi connectivity index (χ3v) is 5.30. The molecule has 8 nitrogen and oxygen atoms in total. The van der Waals surface area contributed by atoms with E-state index in [1.807, 2.05) is 72.5 Å². The number of hydrogen-bond donors (Lipinski definition) is 1. The highest BCUT2D eigenvalue weighted by atomic mass is 32.2. The van der Waals surface area contributed by atoms with Gasteiger partial charge in [-0.25, -0.2) is 0 Å². The summed E-state index contributed by atoms with van der Waals surface area (Å²) in [7, 11) is 0. The molecule has 0 unspecified atom stereocenters. The lowest BCUT2D eigenvalue weighted by atomic mass is 10.1. The first-order chi connectivity index (χ1) is 14.7. The zero-order chi connectivity index (χ0) is 20.9. The van der Waals surface area contributed by atoms with E-state index in [1.54, 1.807) is 10.9 Å². The van der Waals surface area contributed by atoms with Crippen LogP contribution in [0, 0.1) is 0 Å². The number of rotatable bonds is 7. The second kappa shape index (κ2) is 8.91. The van der Waals surface area contributed by atoms with Crippen molar-refractivity contribution in [3.05, 3.63) is 77.6 Å². The summed E-state index contributed by atoms with van der Waals surface area (Å²) in [4.78, 5) is 13.0. The standard InChI is InChI=1S/C21H21N7OS/c1-3-19-18(13-22-27(19)14-15-8-5-4-6-9-15)20(29)23-16-10-7-11-17(12-16)28-21(30-2)24-25-26-28/h4-13H,3,14H2,1-2H3,(H,23,29). The predicted octanol–water partition coefficient (Wildman–Crippen LogP) is 3.44. The minimum Gasteiger partial charge on any atom is -0.322 e. The molecule has 30 heavy (non-hydrogen) atoms. The predicted molar refractivity (Wildman–Crippen MR) is 116 cm³/mol. The minimum absolute atomic E-state index is 0.190. The monoisotopic (exact) mass is 419 g/mol. The third kappa shape index (κ3) is 4.11. The van der Waals surface area contributed by atoms with Crippen molar-refractivity contribution >= 4 is 23.4 Å². The van der Waals surface area contributed by atoms with Crippen LogP contribution in [-0.4, -0.2) is 42.2 Å². The second-order valence-electron chi connectivity index (χ2n) is 6.58. The molecule has 0 saturated heterocycles. The number of tetrazole rings is 1. The van der Waals surface area contributed by atoms with Crippen molar-refractivity contribution in [1.82, 2.24) is 30.0 Å². The molecule has 0 saturated carbocycles. The number of aromatic nitrogens is 6. The van der Waals surface area contributed by atoms with Crippen LogP contribution in [0.2, 0.25) is 0 Å². The molecule has 2 aromatic heterocycles. The molecule has 0 aliphatic carbocycles. The highest BCUT2D eigenvalue weighted by molar-refractivity contribution is 7.98. The molecule has 9 heteroatoms. The number of thioether (sulfide) groups is 1. The van der Waals surface area contributed by atoms with Crippen molar-refractivity contribution in [3.63, 3.8) is 0 Å². The van der Waals surface area contributed by atoms with E-state index in [2.05, 4.69) is 25.9 Å². The Bertz CT molecular complexity index is 1150. The highest BCUT2D eigenvalue weighted by Crippen LogP contribution is 2.20. The zero-order valence-electron chi connectivity index (χ0n) is 16.7. The third-order valence-electron chi connectivity index (χ3n) is 4.68. The smallest absolute Gasteiger partial charge is 0.259 e. The first kappa shape index (κ1) is 19.8. The van der Waals surface area contributed by atoms with Crippen LogP contribution in [0.1, 0.15) is 28.5 Å². The summed E-state index contributed by atoms with van der Waals surface area (Å²) >= 11 is 1.45. The first-order valence-electron chi connectivity index (χ1n) is 9.52. The molecule has 0 spiro atoms. The van der Waals surface area contributed by atoms with Gasteiger partial charge in [-0.15, -0.1) is 5.10 Å². The molecule has 0 fully saturated rings. The van der Waals surface area contributed by atoms with E-state index in [0.717, 1.165) is 16.9 Å². The maximum atomic E-state index is 13.0. The Hall–Kier alpha value is -3.46. The van der Waals surface area contributed by atoms with Crippen LogP contribution in [0.25, 0.3) is 5.69 Å². The van der Waals surface area contributed by atoms with E-state index in [9.17, 15) is 4.79 Å². The van der Waals surface area contributed by atoms with Gasteiger partial charge in [0.1, 0.15) is 0 Å². The molecule has 0 bridgehead atoms. The van der Waals surface area contributed by atoms with Gasteiger partial charge in [0.05, 0.1) is 29.7 Å². The second-order valence-corrected chi connectivity index (χ2v) is 7.36. The number of nitrogens with one attached hydrogen (secondary N) is 1. The number of anilines is 1. The van der Waals surface area contributed by atoms with E-state index in [4.69, 9.17) is 0 Å². The van der Waals surface area contributed by atoms with Gasteiger partial charge in [-0.2, -0.15) is 9.78 Å². The van der Waals surface area contributed by atoms with Crippen molar-refractivity contribution in [3.8, 4) is 5.69 Å². The van der Waals surface area contributed by atoms with Crippen LogP contribution in [0.15, 0.2) is 66.0 Å². The van der Waals surface area contributed by atoms with Gasteiger partial charge < -0.3 is 5.32 Å². The zero-order valence-corrected chi connectivity index (χ0v) is 17.5. The molecular formula is C21H21N7OS. The van der Waals surface area contributed by atoms with E-state index in [0.29, 0.717) is 29.4 Å². The maximum Gasteiger partial charge on any atom is 0.259 e. The lowest BCUT2D eigenvalue weighted by molar-refractivity contribution is 0.102. The summed E-state index contributed by atoms with van der Waals surface area (Å²) in [6, 6.07) is 17.5. The van der Waals surface area contributed by atoms with Crippen LogP contribution in [0.5, 0.6) is 0 Å². The normalized spacial score (nSPS) is 10.9. The summed E-state index contributed by atoms with van der Waals surface area (Å²) < 4.78 is 3.52. The Morgan fingerprint density at radius 1 is 1.13 bits per heavy atom. The molecule has 2 aromatic carbocycles. The number of carbonyl (C=O) groups excluding carboxylic acids is 1. The van der Waals surface area contributed by atoms with E-state index >= 15 is 0 Å². The molecule has 152 valence electrons. The topological polar surface area (TPSA) is 90.5 Å². The number of amides is 1. The van der Waals surface area contributed by atoms with Gasteiger partial charge in [0.15, 0.2) is 0 Å². The van der Waals surface area contributed by atoms with Gasteiger partial charge >= 0.3 is 0 Å². The first-order valence-corrected chi connectivity index (χ1v) is 10.7. The molecule has 1 amide bonds. The highest BCUT2D eigenvalue weighted by Gasteiger charge is 2.17. The van der Waals surface area contributed by atoms with Crippen molar-refractivity contribution in [2.45, 2.75) is 25.0 Å². The molecule has 2 heterocycles. The number of benzene rings is 2. The van der Waals surface area contributed by atoms with Crippen LogP contribution in [-0.2, 0) is 13.0 Å². The molecule has 0 radical (unpaired) electrons. The van der Waals surface area contributed by atoms with Crippen LogP contribution in [0.3, 0.4) is 0 Å². The van der Waals surface area contributed by atoms with Crippen LogP contribution in [0.4, 0.5) is 5.69 Å². The number of nitrogens with zero attached hydrogens (tertiary/aromatic N) is 6. The van der Waals surface area contributed by atoms with E-state index in [1.165, 1.54) is 11.8 Å². The van der Waals surface area contributed by atoms with Gasteiger partial charge in [-0.05, 0) is 46.9 Å². The fraction of sp³-hybridized carbons (Fsp3) is 0.190. The number of carbonyl (C=O) groups is 1. The van der Waals surface area contributed by atoms with E-state index in [-0.39, 0.29) is 5.91 Å². The van der Waals surface area contributed by atoms with Crippen LogP contribution >= 0.6 is 11.8 Å². The average molecular weight is 420 g/mol. The Balaban J connectivity index is 1.55. The Morgan fingerprint density at radius 3 is 2.73 bits per heavy atom. The summed E-state index contributed by atoms with van der Waals surface area (Å²) in [5, 5.41) is 19.8. The van der Waals surface area contributed by atoms with Crippen molar-refractivity contribution in [2.24, 2.45) is 0 Å². The maximum absolute atomic E-state index is 13.0. The van der Waals surface area contributed by atoms with E-state index < -0.39 is 0 Å². The fourth-order valence-corrected chi connectivity index (χ4v) is 3.68. The van der Waals surface area contributed by atoms with Gasteiger partial charge in [-0.1, -0.05) is 55.1 Å². The number of hydrogen-bond acceptors (Lipinski definition) is 6. The quantitative estimate of drug-likeness (QED) is 0.462. The Kier molecular flexibility index (Phi) is 5.89. The van der Waals surface area contributed by atoms with Gasteiger partial charge in [-0.3, -0.25) is 9.48 Å². The molecular weight excluding hydrogens is 398 g/mol.